The molecule has 0 saturated carbocycles. The molecule has 0 rings (SSSR count). The van der Waals surface area contributed by atoms with E-state index in [0.29, 0.717) is 0 Å². The van der Waals surface area contributed by atoms with Crippen LogP contribution in [0.1, 0.15) is 19.1 Å². The van der Waals surface area contributed by atoms with Crippen LogP contribution in [0.5, 0.6) is 0 Å². The molecule has 0 aliphatic rings. The van der Waals surface area contributed by atoms with Gasteiger partial charge in [-0.15, -0.1) is 24.0 Å². The van der Waals surface area contributed by atoms with Gasteiger partial charge < -0.3 is 1.43 Å². The van der Waals surface area contributed by atoms with Gasteiger partial charge in [0, 0.05) is 19.7 Å². The first kappa shape index (κ1) is 114. The van der Waals surface area contributed by atoms with Gasteiger partial charge in [0.25, 0.3) is 0 Å². The summed E-state index contributed by atoms with van der Waals surface area (Å²) in [5.74, 6) is 0. The summed E-state index contributed by atoms with van der Waals surface area (Å²) in [6.45, 7) is 0. The van der Waals surface area contributed by atoms with Crippen LogP contribution in [0.4, 0.5) is 4.70 Å². The van der Waals surface area contributed by atoms with E-state index < -0.39 is 0 Å². The standard InChI is InChI=1S/2CH4.2B.FH.HI.K.2H2.H/h2*1H4;;;2*1H;;2*1H;/q;;;;;;+1;;;-1/i;;;;;;;1+1;;. The van der Waals surface area contributed by atoms with E-state index in [1.165, 1.54) is 0 Å². The maximum atomic E-state index is 0. The van der Waals surface area contributed by atoms with Gasteiger partial charge in [-0.1, -0.05) is 14.9 Å². The first-order valence-electron chi connectivity index (χ1n) is 0. The van der Waals surface area contributed by atoms with E-state index in [0.717, 1.165) is 0 Å². The fourth-order valence-electron chi connectivity index (χ4n) is 0. The Hall–Kier alpha value is 2.43. The van der Waals surface area contributed by atoms with Crippen molar-refractivity contribution in [2.24, 2.45) is 0 Å². The summed E-state index contributed by atoms with van der Waals surface area (Å²) in [6, 6.07) is 0. The first-order valence-corrected chi connectivity index (χ1v) is 0. The molecule has 5 heteroatoms. The Balaban J connectivity index is 0. The summed E-state index contributed by atoms with van der Waals surface area (Å²) < 4.78 is 0. The zero-order valence-corrected chi connectivity index (χ0v) is 8.42. The first-order chi connectivity index (χ1) is 0. The number of hydrogen-bond donors (Lipinski definition) is 0. The molecule has 0 N–H and O–H groups in total. The smallest absolute Gasteiger partial charge is 1.00 e. The maximum Gasteiger partial charge on any atom is 1.00 e. The monoisotopic (exact) mass is 247 g/mol. The van der Waals surface area contributed by atoms with E-state index in [9.17, 15) is 0 Å². The number of rotatable bonds is 0. The normalized spacial score (nSPS) is 0. The van der Waals surface area contributed by atoms with Gasteiger partial charge >= 0.3 is 51.4 Å². The molecule has 0 nitrogen and oxygen atoms in total. The molecule has 0 amide bonds. The van der Waals surface area contributed by atoms with Crippen molar-refractivity contribution >= 4 is 40.8 Å². The number of hydrogen-bond acceptors (Lipinski definition) is 0. The minimum absolute atomic E-state index is 0. The van der Waals surface area contributed by atoms with Crippen LogP contribution in [0.15, 0.2) is 0 Å². The molecule has 6 radical (unpaired) electrons. The van der Waals surface area contributed by atoms with Crippen molar-refractivity contribution in [2.75, 3.05) is 0 Å². The largest absolute Gasteiger partial charge is 1.00 e. The molecule has 0 fully saturated rings. The van der Waals surface area contributed by atoms with Crippen molar-refractivity contribution in [1.82, 2.24) is 0 Å². The fourth-order valence-corrected chi connectivity index (χ4v) is 0. The van der Waals surface area contributed by atoms with Gasteiger partial charge in [0.05, 0.1) is 0 Å². The fraction of sp³-hybridized carbons (Fsp3) is 1.00. The van der Waals surface area contributed by atoms with Crippen molar-refractivity contribution in [2.45, 2.75) is 14.9 Å². The van der Waals surface area contributed by atoms with Crippen LogP contribution in [0.2, 0.25) is 0 Å². The molecule has 0 aliphatic carbocycles. The molecule has 7 heavy (non-hydrogen) atoms. The summed E-state index contributed by atoms with van der Waals surface area (Å²) >= 11 is 0. The van der Waals surface area contributed by atoms with E-state index in [-0.39, 0.29) is 116 Å². The molecule has 0 heterocycles. The average Bonchev–Trinajstić information content (AvgIpc) is 0. The van der Waals surface area contributed by atoms with E-state index >= 15 is 0 Å². The minimum Gasteiger partial charge on any atom is -1.00 e. The van der Waals surface area contributed by atoms with Crippen LogP contribution in [0, 0.1) is 0 Å². The van der Waals surface area contributed by atoms with Crippen LogP contribution < -0.4 is 51.4 Å². The van der Waals surface area contributed by atoms with Gasteiger partial charge in [-0.2, -0.15) is 0 Å². The Bertz CT molecular complexity index is 24.5. The Morgan fingerprint density at radius 1 is 1.14 bits per heavy atom. The van der Waals surface area contributed by atoms with Gasteiger partial charge in [0.15, 0.2) is 0 Å². The van der Waals surface area contributed by atoms with Crippen molar-refractivity contribution in [3.05, 3.63) is 0 Å². The Kier molecular flexibility index (Phi) is 1280. The van der Waals surface area contributed by atoms with Gasteiger partial charge in [-0.3, -0.25) is 4.70 Å². The summed E-state index contributed by atoms with van der Waals surface area (Å²) in [5.41, 5.74) is 0. The SMILES string of the molecule is C.C.F.I.[2HH].[B].[B].[H-].[HH].[K+]. The minimum atomic E-state index is 0. The van der Waals surface area contributed by atoms with Gasteiger partial charge in [0.2, 0.25) is 0 Å². The predicted octanol–water partition coefficient (Wildman–Crippen LogP) is -1.11. The number of halogens is 2. The van der Waals surface area contributed by atoms with E-state index in [2.05, 4.69) is 0 Å². The molecule has 0 bridgehead atoms. The second-order valence-corrected chi connectivity index (χ2v) is 0. The zero-order valence-electron chi connectivity index (χ0n) is 3.97. The second kappa shape index (κ2) is 78.9. The third kappa shape index (κ3) is 59.1. The van der Waals surface area contributed by atoms with Crippen LogP contribution >= 0.6 is 24.0 Å². The van der Waals surface area contributed by atoms with Crippen molar-refractivity contribution in [3.8, 4) is 0 Å². The predicted molar refractivity (Wildman–Crippen MR) is 48.2 cm³/mol. The molecule has 0 aliphatic heterocycles. The average molecular weight is 247 g/mol. The Morgan fingerprint density at radius 3 is 1.14 bits per heavy atom. The quantitative estimate of drug-likeness (QED) is 0.376. The van der Waals surface area contributed by atoms with Gasteiger partial charge in [-0.25, -0.2) is 0 Å². The molecular weight excluding hydrogens is 231 g/mol. The van der Waals surface area contributed by atoms with E-state index in [4.69, 9.17) is 0 Å². The molecule has 44 valence electrons. The summed E-state index contributed by atoms with van der Waals surface area (Å²) in [4.78, 5) is 0. The van der Waals surface area contributed by atoms with Crippen LogP contribution in [-0.2, 0) is 0 Å². The second-order valence-electron chi connectivity index (χ2n) is 0. The van der Waals surface area contributed by atoms with Gasteiger partial charge in [-0.05, 0) is 0 Å². The third-order valence-electron chi connectivity index (χ3n) is 0. The van der Waals surface area contributed by atoms with E-state index in [1.807, 2.05) is 0 Å². The third-order valence-corrected chi connectivity index (χ3v) is 0. The zero-order chi connectivity index (χ0) is 0. The van der Waals surface area contributed by atoms with Crippen LogP contribution in [-0.4, -0.2) is 16.8 Å². The maximum absolute atomic E-state index is 0. The van der Waals surface area contributed by atoms with Crippen molar-refractivity contribution in [3.63, 3.8) is 0 Å². The summed E-state index contributed by atoms with van der Waals surface area (Å²) in [7, 11) is 0. The van der Waals surface area contributed by atoms with Crippen molar-refractivity contribution in [1.29, 1.82) is 0 Å². The molecule has 0 aromatic heterocycles. The molecular formula is C2H15B2FIK. The Morgan fingerprint density at radius 2 is 1.14 bits per heavy atom. The topological polar surface area (TPSA) is 0 Å². The molecule has 0 spiro atoms. The Labute approximate surface area is 114 Å². The van der Waals surface area contributed by atoms with Gasteiger partial charge in [0.1, 0.15) is 0 Å². The molecule has 0 aromatic carbocycles. The van der Waals surface area contributed by atoms with Crippen LogP contribution in [0.3, 0.4) is 0 Å². The van der Waals surface area contributed by atoms with Crippen LogP contribution in [0.25, 0.3) is 0 Å². The molecule has 0 saturated heterocycles. The molecule has 0 unspecified atom stereocenters. The van der Waals surface area contributed by atoms with Crippen molar-refractivity contribution < 1.29 is 60.4 Å². The summed E-state index contributed by atoms with van der Waals surface area (Å²) in [6.07, 6.45) is 0. The molecule has 0 aromatic rings. The summed E-state index contributed by atoms with van der Waals surface area (Å²) in [5, 5.41) is 0. The van der Waals surface area contributed by atoms with E-state index in [1.54, 1.807) is 0 Å². The molecule has 0 atom stereocenters.